The molecule has 0 atom stereocenters. The topological polar surface area (TPSA) is 111 Å². The summed E-state index contributed by atoms with van der Waals surface area (Å²) in [6.07, 6.45) is 0. The maximum Gasteiger partial charge on any atom is 0.340 e. The van der Waals surface area contributed by atoms with Crippen LogP contribution in [0, 0.1) is 17.0 Å². The predicted molar refractivity (Wildman–Crippen MR) is 102 cm³/mol. The van der Waals surface area contributed by atoms with Crippen LogP contribution < -0.4 is 5.32 Å². The first kappa shape index (κ1) is 20.8. The molecule has 2 aromatic rings. The average molecular weight is 409 g/mol. The van der Waals surface area contributed by atoms with Gasteiger partial charge >= 0.3 is 5.97 Å². The fourth-order valence-corrected chi connectivity index (χ4v) is 3.91. The van der Waals surface area contributed by atoms with E-state index in [0.29, 0.717) is 9.24 Å². The van der Waals surface area contributed by atoms with Crippen LogP contribution in [0.4, 0.5) is 5.69 Å². The van der Waals surface area contributed by atoms with E-state index in [2.05, 4.69) is 10.3 Å². The van der Waals surface area contributed by atoms with Crippen molar-refractivity contribution < 1.29 is 19.2 Å². The quantitative estimate of drug-likeness (QED) is 0.441. The Morgan fingerprint density at radius 2 is 2.07 bits per heavy atom. The SMILES string of the molecule is Cc1csc(Sc2ccc([N+](=O)[O-])cc2C(=O)OCC(=O)NC(C)(C)C)n1. The molecule has 144 valence electrons. The third-order valence-corrected chi connectivity index (χ3v) is 5.17. The molecular formula is C17H19N3O5S2. The Kier molecular flexibility index (Phi) is 6.55. The molecule has 0 saturated carbocycles. The smallest absolute Gasteiger partial charge is 0.340 e. The molecule has 1 aromatic heterocycles. The lowest BCUT2D eigenvalue weighted by Crippen LogP contribution is -2.42. The van der Waals surface area contributed by atoms with Crippen LogP contribution in [0.1, 0.15) is 36.8 Å². The van der Waals surface area contributed by atoms with E-state index < -0.39 is 28.9 Å². The Balaban J connectivity index is 2.20. The molecule has 0 aliphatic carbocycles. The van der Waals surface area contributed by atoms with Gasteiger partial charge in [-0.15, -0.1) is 11.3 Å². The summed E-state index contributed by atoms with van der Waals surface area (Å²) >= 11 is 2.61. The van der Waals surface area contributed by atoms with Gasteiger partial charge in [0.2, 0.25) is 0 Å². The highest BCUT2D eigenvalue weighted by molar-refractivity contribution is 8.01. The monoisotopic (exact) mass is 409 g/mol. The minimum absolute atomic E-state index is 0.0191. The number of aromatic nitrogens is 1. The molecule has 0 unspecified atom stereocenters. The fraction of sp³-hybridized carbons (Fsp3) is 0.353. The first-order chi connectivity index (χ1) is 12.5. The van der Waals surface area contributed by atoms with Gasteiger partial charge < -0.3 is 10.1 Å². The molecule has 0 aliphatic heterocycles. The second-order valence-electron chi connectivity index (χ2n) is 6.67. The number of amides is 1. The van der Waals surface area contributed by atoms with Gasteiger partial charge in [0, 0.05) is 33.6 Å². The van der Waals surface area contributed by atoms with Crippen LogP contribution in [0.2, 0.25) is 0 Å². The maximum absolute atomic E-state index is 12.5. The first-order valence-corrected chi connectivity index (χ1v) is 9.61. The van der Waals surface area contributed by atoms with E-state index in [1.54, 1.807) is 20.8 Å². The summed E-state index contributed by atoms with van der Waals surface area (Å²) in [5.74, 6) is -1.26. The van der Waals surface area contributed by atoms with E-state index in [4.69, 9.17) is 4.74 Å². The van der Waals surface area contributed by atoms with Gasteiger partial charge in [0.25, 0.3) is 11.6 Å². The summed E-state index contributed by atoms with van der Waals surface area (Å²) in [4.78, 5) is 39.5. The van der Waals surface area contributed by atoms with E-state index >= 15 is 0 Å². The van der Waals surface area contributed by atoms with Crippen LogP contribution in [0.5, 0.6) is 0 Å². The summed E-state index contributed by atoms with van der Waals surface area (Å²) in [6.45, 7) is 6.78. The number of carbonyl (C=O) groups is 2. The third kappa shape index (κ3) is 6.33. The van der Waals surface area contributed by atoms with Crippen LogP contribution in [0.25, 0.3) is 0 Å². The molecule has 1 heterocycles. The van der Waals surface area contributed by atoms with Gasteiger partial charge in [0.15, 0.2) is 10.9 Å². The second kappa shape index (κ2) is 8.49. The zero-order valence-electron chi connectivity index (χ0n) is 15.3. The second-order valence-corrected chi connectivity index (χ2v) is 8.82. The van der Waals surface area contributed by atoms with Crippen LogP contribution in [0.15, 0.2) is 32.8 Å². The highest BCUT2D eigenvalue weighted by atomic mass is 32.2. The van der Waals surface area contributed by atoms with Crippen molar-refractivity contribution in [1.82, 2.24) is 10.3 Å². The van der Waals surface area contributed by atoms with E-state index in [1.165, 1.54) is 35.2 Å². The summed E-state index contributed by atoms with van der Waals surface area (Å²) in [6, 6.07) is 3.93. The van der Waals surface area contributed by atoms with Gasteiger partial charge in [-0.25, -0.2) is 9.78 Å². The summed E-state index contributed by atoms with van der Waals surface area (Å²) in [7, 11) is 0. The number of rotatable bonds is 6. The molecular weight excluding hydrogens is 390 g/mol. The third-order valence-electron chi connectivity index (χ3n) is 3.04. The van der Waals surface area contributed by atoms with Crippen LogP contribution in [0.3, 0.4) is 0 Å². The van der Waals surface area contributed by atoms with E-state index in [-0.39, 0.29) is 11.3 Å². The molecule has 0 spiro atoms. The Hall–Kier alpha value is -2.46. The minimum Gasteiger partial charge on any atom is -0.452 e. The number of aryl methyl sites for hydroxylation is 1. The molecule has 1 amide bonds. The summed E-state index contributed by atoms with van der Waals surface area (Å²) in [5.41, 5.74) is 0.164. The number of nitrogens with one attached hydrogen (secondary N) is 1. The zero-order chi connectivity index (χ0) is 20.2. The maximum atomic E-state index is 12.5. The van der Waals surface area contributed by atoms with Crippen molar-refractivity contribution in [2.45, 2.75) is 42.5 Å². The van der Waals surface area contributed by atoms with Crippen molar-refractivity contribution >= 4 is 40.7 Å². The van der Waals surface area contributed by atoms with Crippen molar-refractivity contribution in [2.24, 2.45) is 0 Å². The number of carbonyl (C=O) groups excluding carboxylic acids is 2. The largest absolute Gasteiger partial charge is 0.452 e. The number of nitro benzene ring substituents is 1. The molecule has 1 N–H and O–H groups in total. The molecule has 0 fully saturated rings. The molecule has 0 bridgehead atoms. The molecule has 1 aromatic carbocycles. The fourth-order valence-electron chi connectivity index (χ4n) is 2.02. The number of thiazole rings is 1. The van der Waals surface area contributed by atoms with Crippen molar-refractivity contribution in [3.05, 3.63) is 45.0 Å². The van der Waals surface area contributed by atoms with Gasteiger partial charge in [-0.2, -0.15) is 0 Å². The van der Waals surface area contributed by atoms with Gasteiger partial charge in [-0.05, 0) is 33.8 Å². The number of ether oxygens (including phenoxy) is 1. The highest BCUT2D eigenvalue weighted by Gasteiger charge is 2.21. The molecule has 27 heavy (non-hydrogen) atoms. The van der Waals surface area contributed by atoms with Gasteiger partial charge in [-0.3, -0.25) is 14.9 Å². The lowest BCUT2D eigenvalue weighted by molar-refractivity contribution is -0.384. The molecule has 0 radical (unpaired) electrons. The number of nitro groups is 1. The van der Waals surface area contributed by atoms with Crippen LogP contribution in [-0.4, -0.2) is 33.9 Å². The number of benzene rings is 1. The number of nitrogens with zero attached hydrogens (tertiary/aromatic N) is 2. The van der Waals surface area contributed by atoms with E-state index in [9.17, 15) is 19.7 Å². The van der Waals surface area contributed by atoms with Crippen molar-refractivity contribution in [3.8, 4) is 0 Å². The van der Waals surface area contributed by atoms with Crippen LogP contribution in [-0.2, 0) is 9.53 Å². The Bertz CT molecular complexity index is 874. The number of esters is 1. The van der Waals surface area contributed by atoms with Gasteiger partial charge in [0.05, 0.1) is 10.5 Å². The molecule has 10 heteroatoms. The van der Waals surface area contributed by atoms with E-state index in [0.717, 1.165) is 11.8 Å². The Morgan fingerprint density at radius 3 is 2.63 bits per heavy atom. The minimum atomic E-state index is -0.807. The van der Waals surface area contributed by atoms with E-state index in [1.807, 2.05) is 12.3 Å². The number of hydrogen-bond donors (Lipinski definition) is 1. The average Bonchev–Trinajstić information content (AvgIpc) is 2.96. The molecule has 0 aliphatic rings. The Morgan fingerprint density at radius 1 is 1.37 bits per heavy atom. The summed E-state index contributed by atoms with van der Waals surface area (Å²) in [5, 5.41) is 15.6. The predicted octanol–water partition coefficient (Wildman–Crippen LogP) is 3.58. The molecule has 8 nitrogen and oxygen atoms in total. The number of non-ortho nitro benzene ring substituents is 1. The molecule has 0 saturated heterocycles. The van der Waals surface area contributed by atoms with Crippen molar-refractivity contribution in [2.75, 3.05) is 6.61 Å². The van der Waals surface area contributed by atoms with Gasteiger partial charge in [0.1, 0.15) is 0 Å². The Labute approximate surface area is 164 Å². The lowest BCUT2D eigenvalue weighted by atomic mass is 10.1. The van der Waals surface area contributed by atoms with Crippen molar-refractivity contribution in [3.63, 3.8) is 0 Å². The molecule has 2 rings (SSSR count). The lowest BCUT2D eigenvalue weighted by Gasteiger charge is -2.20. The zero-order valence-corrected chi connectivity index (χ0v) is 16.9. The number of hydrogen-bond acceptors (Lipinski definition) is 8. The van der Waals surface area contributed by atoms with Gasteiger partial charge in [-0.1, -0.05) is 11.8 Å². The highest BCUT2D eigenvalue weighted by Crippen LogP contribution is 2.34. The van der Waals surface area contributed by atoms with Crippen LogP contribution >= 0.6 is 23.1 Å². The summed E-state index contributed by atoms with van der Waals surface area (Å²) < 4.78 is 5.75. The first-order valence-electron chi connectivity index (χ1n) is 7.92. The normalized spacial score (nSPS) is 11.1. The standard InChI is InChI=1S/C17H19N3O5S2/c1-10-9-26-16(18-10)27-13-6-5-11(20(23)24)7-12(13)15(22)25-8-14(21)19-17(2,3)4/h5-7,9H,8H2,1-4H3,(H,19,21). The van der Waals surface area contributed by atoms with Crippen molar-refractivity contribution in [1.29, 1.82) is 0 Å².